The molecule has 0 fully saturated rings. The fraction of sp³-hybridized carbons (Fsp3) is 0.462. The van der Waals surface area contributed by atoms with E-state index in [1.54, 1.807) is 19.1 Å². The van der Waals surface area contributed by atoms with Crippen LogP contribution in [0.5, 0.6) is 5.75 Å². The van der Waals surface area contributed by atoms with Gasteiger partial charge in [0.05, 0.1) is 12.5 Å². The number of carboxylic acids is 1. The molecule has 0 aliphatic carbocycles. The maximum absolute atomic E-state index is 13.5. The number of carbonyl (C=O) groups is 1. The zero-order valence-corrected chi connectivity index (χ0v) is 10.1. The van der Waals surface area contributed by atoms with Crippen molar-refractivity contribution >= 4 is 5.97 Å². The second-order valence-corrected chi connectivity index (χ2v) is 3.85. The van der Waals surface area contributed by atoms with Gasteiger partial charge in [-0.25, -0.2) is 4.39 Å². The minimum atomic E-state index is -0.846. The van der Waals surface area contributed by atoms with Gasteiger partial charge in [-0.15, -0.1) is 0 Å². The van der Waals surface area contributed by atoms with Crippen molar-refractivity contribution in [3.8, 4) is 5.75 Å². The van der Waals surface area contributed by atoms with Crippen LogP contribution in [0.15, 0.2) is 18.2 Å². The predicted molar refractivity (Wildman–Crippen MR) is 62.7 cm³/mol. The molecule has 17 heavy (non-hydrogen) atoms. The van der Waals surface area contributed by atoms with E-state index < -0.39 is 17.7 Å². The third-order valence-electron chi connectivity index (χ3n) is 2.62. The summed E-state index contributed by atoms with van der Waals surface area (Å²) in [5, 5.41) is 8.92. The van der Waals surface area contributed by atoms with Gasteiger partial charge in [-0.1, -0.05) is 13.0 Å². The summed E-state index contributed by atoms with van der Waals surface area (Å²) < 4.78 is 18.6. The molecule has 1 unspecified atom stereocenters. The number of aliphatic carboxylic acids is 1. The second kappa shape index (κ2) is 6.23. The molecule has 0 amide bonds. The average molecular weight is 240 g/mol. The van der Waals surface area contributed by atoms with E-state index in [1.165, 1.54) is 6.07 Å². The van der Waals surface area contributed by atoms with E-state index in [1.807, 2.05) is 6.92 Å². The van der Waals surface area contributed by atoms with Crippen molar-refractivity contribution in [1.29, 1.82) is 0 Å². The molecule has 0 bridgehead atoms. The van der Waals surface area contributed by atoms with Gasteiger partial charge < -0.3 is 9.84 Å². The van der Waals surface area contributed by atoms with E-state index in [0.717, 1.165) is 0 Å². The zero-order chi connectivity index (χ0) is 12.8. The van der Waals surface area contributed by atoms with Crippen molar-refractivity contribution in [1.82, 2.24) is 0 Å². The molecular weight excluding hydrogens is 223 g/mol. The van der Waals surface area contributed by atoms with Crippen molar-refractivity contribution in [2.75, 3.05) is 6.61 Å². The number of hydrogen-bond acceptors (Lipinski definition) is 2. The highest BCUT2D eigenvalue weighted by Gasteiger charge is 2.16. The Balaban J connectivity index is 2.79. The predicted octanol–water partition coefficient (Wildman–Crippen LogP) is 2.88. The number of benzene rings is 1. The third-order valence-corrected chi connectivity index (χ3v) is 2.62. The molecule has 1 aromatic carbocycles. The molecule has 0 aromatic heterocycles. The Morgan fingerprint density at radius 2 is 2.18 bits per heavy atom. The fourth-order valence-corrected chi connectivity index (χ4v) is 1.63. The minimum Gasteiger partial charge on any atom is -0.491 e. The molecule has 0 heterocycles. The van der Waals surface area contributed by atoms with E-state index in [2.05, 4.69) is 0 Å². The first-order chi connectivity index (χ1) is 8.08. The Morgan fingerprint density at radius 1 is 1.47 bits per heavy atom. The van der Waals surface area contributed by atoms with Gasteiger partial charge in [0.2, 0.25) is 0 Å². The molecule has 0 aliphatic rings. The monoisotopic (exact) mass is 240 g/mol. The van der Waals surface area contributed by atoms with Gasteiger partial charge in [-0.2, -0.15) is 0 Å². The van der Waals surface area contributed by atoms with Gasteiger partial charge in [0, 0.05) is 0 Å². The largest absolute Gasteiger partial charge is 0.491 e. The maximum atomic E-state index is 13.5. The fourth-order valence-electron chi connectivity index (χ4n) is 1.63. The smallest absolute Gasteiger partial charge is 0.306 e. The summed E-state index contributed by atoms with van der Waals surface area (Å²) in [7, 11) is 0. The van der Waals surface area contributed by atoms with Crippen LogP contribution in [0.1, 0.15) is 25.8 Å². The standard InChI is InChI=1S/C13H17FO3/c1-3-10(13(15)16)7-9-5-6-12(17-4-2)11(14)8-9/h5-6,8,10H,3-4,7H2,1-2H3,(H,15,16). The maximum Gasteiger partial charge on any atom is 0.306 e. The lowest BCUT2D eigenvalue weighted by atomic mass is 9.97. The summed E-state index contributed by atoms with van der Waals surface area (Å²) in [5.41, 5.74) is 0.681. The molecule has 0 radical (unpaired) electrons. The number of ether oxygens (including phenoxy) is 1. The van der Waals surface area contributed by atoms with Gasteiger partial charge in [0.1, 0.15) is 0 Å². The van der Waals surface area contributed by atoms with Crippen LogP contribution < -0.4 is 4.74 Å². The summed E-state index contributed by atoms with van der Waals surface area (Å²) in [6, 6.07) is 4.60. The van der Waals surface area contributed by atoms with E-state index in [9.17, 15) is 9.18 Å². The average Bonchev–Trinajstić information content (AvgIpc) is 2.29. The van der Waals surface area contributed by atoms with Crippen LogP contribution in [-0.2, 0) is 11.2 Å². The second-order valence-electron chi connectivity index (χ2n) is 3.85. The molecule has 4 heteroatoms. The van der Waals surface area contributed by atoms with Gasteiger partial charge in [-0.3, -0.25) is 4.79 Å². The first kappa shape index (κ1) is 13.5. The molecule has 1 atom stereocenters. The van der Waals surface area contributed by atoms with Crippen LogP contribution in [0.4, 0.5) is 4.39 Å². The molecular formula is C13H17FO3. The van der Waals surface area contributed by atoms with Gasteiger partial charge in [0.25, 0.3) is 0 Å². The van der Waals surface area contributed by atoms with Crippen LogP contribution in [-0.4, -0.2) is 17.7 Å². The molecule has 0 aliphatic heterocycles. The van der Waals surface area contributed by atoms with Crippen LogP contribution in [0.2, 0.25) is 0 Å². The summed E-state index contributed by atoms with van der Waals surface area (Å²) in [4.78, 5) is 10.9. The highest BCUT2D eigenvalue weighted by atomic mass is 19.1. The normalized spacial score (nSPS) is 12.2. The zero-order valence-electron chi connectivity index (χ0n) is 10.1. The molecule has 0 spiro atoms. The van der Waals surface area contributed by atoms with Gasteiger partial charge in [0.15, 0.2) is 11.6 Å². The molecule has 0 saturated carbocycles. The summed E-state index contributed by atoms with van der Waals surface area (Å²) in [5.74, 6) is -1.54. The van der Waals surface area contributed by atoms with Crippen LogP contribution in [0.3, 0.4) is 0 Å². The van der Waals surface area contributed by atoms with E-state index in [0.29, 0.717) is 25.0 Å². The number of hydrogen-bond donors (Lipinski definition) is 1. The lowest BCUT2D eigenvalue weighted by Crippen LogP contribution is -2.15. The molecule has 3 nitrogen and oxygen atoms in total. The third kappa shape index (κ3) is 3.73. The van der Waals surface area contributed by atoms with Crippen LogP contribution in [0, 0.1) is 11.7 Å². The molecule has 1 rings (SSSR count). The van der Waals surface area contributed by atoms with Gasteiger partial charge in [-0.05, 0) is 37.5 Å². The van der Waals surface area contributed by atoms with Crippen LogP contribution in [0.25, 0.3) is 0 Å². The molecule has 94 valence electrons. The van der Waals surface area contributed by atoms with Crippen molar-refractivity contribution in [2.24, 2.45) is 5.92 Å². The molecule has 1 aromatic rings. The van der Waals surface area contributed by atoms with E-state index in [-0.39, 0.29) is 5.75 Å². The SMILES string of the molecule is CCOc1ccc(CC(CC)C(=O)O)cc1F. The summed E-state index contributed by atoms with van der Waals surface area (Å²) >= 11 is 0. The summed E-state index contributed by atoms with van der Waals surface area (Å²) in [6.45, 7) is 4.00. The quantitative estimate of drug-likeness (QED) is 0.831. The highest BCUT2D eigenvalue weighted by molar-refractivity contribution is 5.70. The lowest BCUT2D eigenvalue weighted by molar-refractivity contribution is -0.141. The van der Waals surface area contributed by atoms with Gasteiger partial charge >= 0.3 is 5.97 Å². The van der Waals surface area contributed by atoms with E-state index in [4.69, 9.17) is 9.84 Å². The van der Waals surface area contributed by atoms with Crippen molar-refractivity contribution in [3.63, 3.8) is 0 Å². The number of rotatable bonds is 6. The lowest BCUT2D eigenvalue weighted by Gasteiger charge is -2.11. The Hall–Kier alpha value is -1.58. The van der Waals surface area contributed by atoms with Crippen molar-refractivity contribution in [2.45, 2.75) is 26.7 Å². The van der Waals surface area contributed by atoms with Crippen LogP contribution >= 0.6 is 0 Å². The number of carboxylic acid groups (broad SMARTS) is 1. The van der Waals surface area contributed by atoms with Crippen molar-refractivity contribution < 1.29 is 19.0 Å². The molecule has 1 N–H and O–H groups in total. The van der Waals surface area contributed by atoms with E-state index >= 15 is 0 Å². The Morgan fingerprint density at radius 3 is 2.65 bits per heavy atom. The Kier molecular flexibility index (Phi) is 4.94. The first-order valence-corrected chi connectivity index (χ1v) is 5.72. The summed E-state index contributed by atoms with van der Waals surface area (Å²) in [6.07, 6.45) is 0.874. The Bertz CT molecular complexity index is 390. The number of halogens is 1. The Labute approximate surface area is 100 Å². The first-order valence-electron chi connectivity index (χ1n) is 5.72. The molecule has 0 saturated heterocycles. The highest BCUT2D eigenvalue weighted by Crippen LogP contribution is 2.21. The minimum absolute atomic E-state index is 0.208. The topological polar surface area (TPSA) is 46.5 Å². The van der Waals surface area contributed by atoms with Crippen molar-refractivity contribution in [3.05, 3.63) is 29.6 Å².